The molecule has 2 aliphatic carbocycles. The maximum atomic E-state index is 12.1. The molecule has 19 heavy (non-hydrogen) atoms. The van der Waals surface area contributed by atoms with Gasteiger partial charge in [-0.2, -0.15) is 0 Å². The first-order valence-electron chi connectivity index (χ1n) is 7.70. The van der Waals surface area contributed by atoms with E-state index in [1.807, 2.05) is 13.8 Å². The molecule has 0 aromatic heterocycles. The lowest BCUT2D eigenvalue weighted by Crippen LogP contribution is -2.51. The molecule has 1 atom stereocenters. The molecule has 0 saturated heterocycles. The van der Waals surface area contributed by atoms with Crippen LogP contribution in [0.15, 0.2) is 0 Å². The Labute approximate surface area is 116 Å². The molecule has 2 rings (SSSR count). The number of carbonyl (C=O) groups excluding carboxylic acids is 1. The van der Waals surface area contributed by atoms with Gasteiger partial charge >= 0.3 is 5.97 Å². The molecule has 0 heterocycles. The van der Waals surface area contributed by atoms with Crippen LogP contribution in [0.4, 0.5) is 0 Å². The molecule has 4 heteroatoms. The third-order valence-electron chi connectivity index (χ3n) is 4.05. The number of ether oxygens (including phenoxy) is 2. The Morgan fingerprint density at radius 3 is 2.58 bits per heavy atom. The highest BCUT2D eigenvalue weighted by Gasteiger charge is 2.39. The minimum Gasteiger partial charge on any atom is -0.465 e. The van der Waals surface area contributed by atoms with Crippen LogP contribution >= 0.6 is 0 Å². The molecule has 2 aliphatic rings. The summed E-state index contributed by atoms with van der Waals surface area (Å²) in [5.41, 5.74) is -0.542. The smallest absolute Gasteiger partial charge is 0.326 e. The van der Waals surface area contributed by atoms with Gasteiger partial charge in [-0.15, -0.1) is 0 Å². The lowest BCUT2D eigenvalue weighted by molar-refractivity contribution is -0.151. The van der Waals surface area contributed by atoms with E-state index in [1.165, 1.54) is 32.1 Å². The largest absolute Gasteiger partial charge is 0.465 e. The molecule has 0 bridgehead atoms. The molecule has 0 aliphatic heterocycles. The average Bonchev–Trinajstić information content (AvgIpc) is 3.10. The lowest BCUT2D eigenvalue weighted by atomic mass is 9.94. The second-order valence-corrected chi connectivity index (χ2v) is 6.00. The number of hydrogen-bond donors (Lipinski definition) is 1. The SMILES string of the molecule is CCOC(=O)C(C)(CCCOC1CCC1)NC1CC1. The van der Waals surface area contributed by atoms with E-state index in [4.69, 9.17) is 9.47 Å². The summed E-state index contributed by atoms with van der Waals surface area (Å²) >= 11 is 0. The molecule has 1 N–H and O–H groups in total. The molecule has 0 spiro atoms. The second kappa shape index (κ2) is 6.71. The summed E-state index contributed by atoms with van der Waals surface area (Å²) < 4.78 is 11.0. The summed E-state index contributed by atoms with van der Waals surface area (Å²) in [4.78, 5) is 12.1. The van der Waals surface area contributed by atoms with Crippen LogP contribution in [0.3, 0.4) is 0 Å². The maximum absolute atomic E-state index is 12.1. The molecule has 4 nitrogen and oxygen atoms in total. The van der Waals surface area contributed by atoms with Crippen molar-refractivity contribution < 1.29 is 14.3 Å². The normalized spacial score (nSPS) is 22.6. The first-order chi connectivity index (χ1) is 9.14. The number of carbonyl (C=O) groups is 1. The molecular formula is C15H27NO3. The van der Waals surface area contributed by atoms with E-state index >= 15 is 0 Å². The Balaban J connectivity index is 1.73. The lowest BCUT2D eigenvalue weighted by Gasteiger charge is -2.30. The summed E-state index contributed by atoms with van der Waals surface area (Å²) in [6.45, 7) is 5.02. The van der Waals surface area contributed by atoms with E-state index in [0.29, 0.717) is 18.8 Å². The highest BCUT2D eigenvalue weighted by molar-refractivity contribution is 5.80. The first kappa shape index (κ1) is 14.8. The second-order valence-electron chi connectivity index (χ2n) is 6.00. The zero-order chi connectivity index (χ0) is 13.7. The minimum atomic E-state index is -0.542. The molecule has 0 radical (unpaired) electrons. The van der Waals surface area contributed by atoms with Crippen LogP contribution in [0.5, 0.6) is 0 Å². The van der Waals surface area contributed by atoms with Crippen molar-refractivity contribution in [1.82, 2.24) is 5.32 Å². The molecule has 2 saturated carbocycles. The van der Waals surface area contributed by atoms with Gasteiger partial charge in [0.2, 0.25) is 0 Å². The van der Waals surface area contributed by atoms with E-state index < -0.39 is 5.54 Å². The number of hydrogen-bond acceptors (Lipinski definition) is 4. The van der Waals surface area contributed by atoms with Crippen LogP contribution in [0.2, 0.25) is 0 Å². The molecule has 1 unspecified atom stereocenters. The quantitative estimate of drug-likeness (QED) is 0.516. The summed E-state index contributed by atoms with van der Waals surface area (Å²) in [5, 5.41) is 3.44. The van der Waals surface area contributed by atoms with Gasteiger partial charge in [0.15, 0.2) is 0 Å². The molecule has 0 aromatic rings. The van der Waals surface area contributed by atoms with Crippen molar-refractivity contribution in [3.8, 4) is 0 Å². The molecule has 2 fully saturated rings. The minimum absolute atomic E-state index is 0.120. The van der Waals surface area contributed by atoms with Gasteiger partial charge < -0.3 is 9.47 Å². The molecule has 110 valence electrons. The number of rotatable bonds is 9. The van der Waals surface area contributed by atoms with E-state index in [0.717, 1.165) is 19.4 Å². The van der Waals surface area contributed by atoms with E-state index in [2.05, 4.69) is 5.32 Å². The Morgan fingerprint density at radius 1 is 1.32 bits per heavy atom. The summed E-state index contributed by atoms with van der Waals surface area (Å²) in [6, 6.07) is 0.502. The van der Waals surface area contributed by atoms with Gasteiger partial charge in [-0.25, -0.2) is 0 Å². The maximum Gasteiger partial charge on any atom is 0.326 e. The Hall–Kier alpha value is -0.610. The number of esters is 1. The Kier molecular flexibility index (Phi) is 5.22. The van der Waals surface area contributed by atoms with Crippen molar-refractivity contribution >= 4 is 5.97 Å². The van der Waals surface area contributed by atoms with Crippen molar-refractivity contribution in [2.45, 2.75) is 76.5 Å². The van der Waals surface area contributed by atoms with Crippen LogP contribution in [-0.4, -0.2) is 36.9 Å². The van der Waals surface area contributed by atoms with Gasteiger partial charge in [0.1, 0.15) is 5.54 Å². The monoisotopic (exact) mass is 269 g/mol. The predicted octanol–water partition coefficient (Wildman–Crippen LogP) is 2.41. The van der Waals surface area contributed by atoms with E-state index in [1.54, 1.807) is 0 Å². The van der Waals surface area contributed by atoms with Crippen LogP contribution < -0.4 is 5.32 Å². The first-order valence-corrected chi connectivity index (χ1v) is 7.70. The van der Waals surface area contributed by atoms with Crippen molar-refractivity contribution in [1.29, 1.82) is 0 Å². The number of nitrogens with one attached hydrogen (secondary N) is 1. The summed E-state index contributed by atoms with van der Waals surface area (Å²) in [7, 11) is 0. The summed E-state index contributed by atoms with van der Waals surface area (Å²) in [6.07, 6.45) is 8.23. The topological polar surface area (TPSA) is 47.6 Å². The molecule has 0 aromatic carbocycles. The van der Waals surface area contributed by atoms with Crippen LogP contribution in [-0.2, 0) is 14.3 Å². The van der Waals surface area contributed by atoms with Gasteiger partial charge in [0.05, 0.1) is 12.7 Å². The average molecular weight is 269 g/mol. The highest BCUT2D eigenvalue weighted by Crippen LogP contribution is 2.26. The van der Waals surface area contributed by atoms with Gasteiger partial charge in [0, 0.05) is 12.6 Å². The van der Waals surface area contributed by atoms with Gasteiger partial charge in [-0.3, -0.25) is 10.1 Å². The fourth-order valence-corrected chi connectivity index (χ4v) is 2.41. The van der Waals surface area contributed by atoms with Crippen LogP contribution in [0.25, 0.3) is 0 Å². The standard InChI is InChI=1S/C15H27NO3/c1-3-18-14(17)15(2,16-12-8-9-12)10-5-11-19-13-6-4-7-13/h12-13,16H,3-11H2,1-2H3. The van der Waals surface area contributed by atoms with Crippen LogP contribution in [0, 0.1) is 0 Å². The third-order valence-corrected chi connectivity index (χ3v) is 4.05. The zero-order valence-corrected chi connectivity index (χ0v) is 12.2. The molecular weight excluding hydrogens is 242 g/mol. The third kappa shape index (κ3) is 4.46. The Bertz CT molecular complexity index is 300. The van der Waals surface area contributed by atoms with Crippen LogP contribution in [0.1, 0.15) is 58.8 Å². The van der Waals surface area contributed by atoms with Crippen molar-refractivity contribution in [3.05, 3.63) is 0 Å². The Morgan fingerprint density at radius 2 is 2.05 bits per heavy atom. The van der Waals surface area contributed by atoms with Crippen molar-refractivity contribution in [2.75, 3.05) is 13.2 Å². The van der Waals surface area contributed by atoms with Gasteiger partial charge in [0.25, 0.3) is 0 Å². The fraction of sp³-hybridized carbons (Fsp3) is 0.933. The zero-order valence-electron chi connectivity index (χ0n) is 12.2. The summed E-state index contributed by atoms with van der Waals surface area (Å²) in [5.74, 6) is -0.120. The molecule has 0 amide bonds. The highest BCUT2D eigenvalue weighted by atomic mass is 16.5. The van der Waals surface area contributed by atoms with Crippen molar-refractivity contribution in [2.24, 2.45) is 0 Å². The van der Waals surface area contributed by atoms with Gasteiger partial charge in [-0.05, 0) is 58.8 Å². The van der Waals surface area contributed by atoms with Gasteiger partial charge in [-0.1, -0.05) is 0 Å². The van der Waals surface area contributed by atoms with Crippen molar-refractivity contribution in [3.63, 3.8) is 0 Å². The van der Waals surface area contributed by atoms with E-state index in [-0.39, 0.29) is 5.97 Å². The fourth-order valence-electron chi connectivity index (χ4n) is 2.41. The van der Waals surface area contributed by atoms with E-state index in [9.17, 15) is 4.79 Å². The predicted molar refractivity (Wildman–Crippen MR) is 74.0 cm³/mol.